The number of alkyl halides is 3. The lowest BCUT2D eigenvalue weighted by molar-refractivity contribution is -0.139. The van der Waals surface area contributed by atoms with Crippen molar-refractivity contribution in [3.8, 4) is 0 Å². The number of pyridine rings is 1. The van der Waals surface area contributed by atoms with Gasteiger partial charge in [0.15, 0.2) is 9.84 Å². The van der Waals surface area contributed by atoms with Crippen LogP contribution in [0.15, 0.2) is 29.3 Å². The van der Waals surface area contributed by atoms with Gasteiger partial charge in [-0.25, -0.2) is 13.4 Å². The number of benzene rings is 1. The second kappa shape index (κ2) is 7.21. The second-order valence-electron chi connectivity index (χ2n) is 7.87. The molecule has 3 aromatic rings. The Bertz CT molecular complexity index is 1240. The lowest BCUT2D eigenvalue weighted by Gasteiger charge is -2.24. The van der Waals surface area contributed by atoms with Gasteiger partial charge in [-0.05, 0) is 50.1 Å². The molecule has 1 saturated heterocycles. The Morgan fingerprint density at radius 3 is 2.63 bits per heavy atom. The van der Waals surface area contributed by atoms with Crippen molar-refractivity contribution in [1.82, 2.24) is 14.9 Å². The number of β-amino-alcohol motifs (C(OH)–C–C–N with tert-alkyl or cyclic N) is 1. The molecule has 162 valence electrons. The second-order valence-corrected chi connectivity index (χ2v) is 9.85. The van der Waals surface area contributed by atoms with Crippen molar-refractivity contribution in [3.63, 3.8) is 0 Å². The predicted molar refractivity (Wildman–Crippen MR) is 107 cm³/mol. The molecule has 0 bridgehead atoms. The maximum absolute atomic E-state index is 13.7. The summed E-state index contributed by atoms with van der Waals surface area (Å²) in [6, 6.07) is 3.27. The Balaban J connectivity index is 2.15. The number of aromatic nitrogens is 2. The molecular weight excluding hydrogens is 419 g/mol. The fraction of sp³-hybridized carbons (Fsp3) is 0.450. The van der Waals surface area contributed by atoms with Crippen LogP contribution in [-0.2, 0) is 16.0 Å². The fourth-order valence-electron chi connectivity index (χ4n) is 4.23. The molecule has 0 unspecified atom stereocenters. The fourth-order valence-corrected chi connectivity index (χ4v) is 5.13. The van der Waals surface area contributed by atoms with E-state index < -0.39 is 38.6 Å². The van der Waals surface area contributed by atoms with Crippen molar-refractivity contribution in [3.05, 3.63) is 35.5 Å². The van der Waals surface area contributed by atoms with Gasteiger partial charge in [0.05, 0.1) is 28.1 Å². The van der Waals surface area contributed by atoms with Crippen LogP contribution >= 0.6 is 0 Å². The number of fused-ring (bicyclic) bond motifs is 3. The number of aliphatic hydroxyl groups is 1. The summed E-state index contributed by atoms with van der Waals surface area (Å²) in [6.07, 6.45) is -1.90. The molecule has 0 radical (unpaired) electrons. The van der Waals surface area contributed by atoms with E-state index in [1.807, 2.05) is 0 Å². The molecule has 1 aromatic carbocycles. The summed E-state index contributed by atoms with van der Waals surface area (Å²) in [6.45, 7) is 2.83. The third-order valence-corrected chi connectivity index (χ3v) is 6.70. The largest absolute Gasteiger partial charge is 0.417 e. The van der Waals surface area contributed by atoms with Crippen molar-refractivity contribution in [2.75, 3.05) is 19.3 Å². The van der Waals surface area contributed by atoms with Crippen LogP contribution in [0.1, 0.15) is 30.0 Å². The topological polar surface area (TPSA) is 84.2 Å². The number of halogens is 3. The molecule has 1 fully saturated rings. The number of aliphatic hydroxyl groups excluding tert-OH is 1. The minimum Gasteiger partial charge on any atom is -0.390 e. The Kier molecular flexibility index (Phi) is 5.06. The van der Waals surface area contributed by atoms with Crippen molar-refractivity contribution < 1.29 is 26.7 Å². The van der Waals surface area contributed by atoms with Gasteiger partial charge in [0.2, 0.25) is 0 Å². The summed E-state index contributed by atoms with van der Waals surface area (Å²) >= 11 is 0. The molecule has 0 spiro atoms. The highest BCUT2D eigenvalue weighted by Crippen LogP contribution is 2.41. The van der Waals surface area contributed by atoms with Crippen LogP contribution in [-0.4, -0.2) is 48.5 Å². The molecule has 2 atom stereocenters. The Morgan fingerprint density at radius 2 is 1.97 bits per heavy atom. The van der Waals surface area contributed by atoms with E-state index >= 15 is 0 Å². The van der Waals surface area contributed by atoms with Crippen molar-refractivity contribution in [1.29, 1.82) is 0 Å². The molecule has 10 heteroatoms. The number of rotatable bonds is 2. The molecule has 0 aliphatic carbocycles. The maximum atomic E-state index is 13.7. The van der Waals surface area contributed by atoms with Crippen LogP contribution in [0.2, 0.25) is 0 Å². The first-order valence-electron chi connectivity index (χ1n) is 9.59. The molecule has 1 aliphatic heterocycles. The molecule has 30 heavy (non-hydrogen) atoms. The molecule has 3 heterocycles. The van der Waals surface area contributed by atoms with E-state index in [0.29, 0.717) is 36.1 Å². The molecule has 4 rings (SSSR count). The monoisotopic (exact) mass is 441 g/mol. The number of sulfone groups is 1. The van der Waals surface area contributed by atoms with Gasteiger partial charge in [0.1, 0.15) is 5.65 Å². The molecule has 2 N–H and O–H groups in total. The third-order valence-electron chi connectivity index (χ3n) is 5.57. The predicted octanol–water partition coefficient (Wildman–Crippen LogP) is 3.21. The van der Waals surface area contributed by atoms with Gasteiger partial charge in [0.25, 0.3) is 0 Å². The number of hydrogen-bond acceptors (Lipinski definition) is 5. The smallest absolute Gasteiger partial charge is 0.390 e. The molecule has 0 saturated carbocycles. The standard InChI is InChI=1S/C20H22F3N3O3S/c1-11-6-13-12-7-14(20(21,22)23)18(30(2,28)29)8-16(12)26(19(13)25-9-11)15-4-3-5-24-10-17(15)27/h6-9,15,17,24,27H,3-5,10H2,1-2H3/t15-,17-/m0/s1. The van der Waals surface area contributed by atoms with Gasteiger partial charge < -0.3 is 15.0 Å². The van der Waals surface area contributed by atoms with E-state index in [4.69, 9.17) is 0 Å². The Hall–Kier alpha value is -2.17. The summed E-state index contributed by atoms with van der Waals surface area (Å²) < 4.78 is 67.4. The first-order valence-corrected chi connectivity index (χ1v) is 11.5. The first kappa shape index (κ1) is 21.1. The van der Waals surface area contributed by atoms with E-state index in [-0.39, 0.29) is 5.39 Å². The van der Waals surface area contributed by atoms with Crippen LogP contribution in [0.3, 0.4) is 0 Å². The summed E-state index contributed by atoms with van der Waals surface area (Å²) in [5, 5.41) is 14.6. The normalized spacial score (nSPS) is 21.3. The lowest BCUT2D eigenvalue weighted by Crippen LogP contribution is -2.31. The van der Waals surface area contributed by atoms with Crippen LogP contribution in [0, 0.1) is 6.92 Å². The number of aryl methyl sites for hydroxylation is 1. The van der Waals surface area contributed by atoms with Crippen molar-refractivity contribution in [2.24, 2.45) is 0 Å². The average molecular weight is 441 g/mol. The van der Waals surface area contributed by atoms with Gasteiger partial charge in [-0.3, -0.25) is 0 Å². The SMILES string of the molecule is Cc1cnc2c(c1)c1cc(C(F)(F)F)c(S(C)(=O)=O)cc1n2[C@H]1CCCNC[C@@H]1O. The number of hydrogen-bond donors (Lipinski definition) is 2. The van der Waals surface area contributed by atoms with E-state index in [9.17, 15) is 26.7 Å². The van der Waals surface area contributed by atoms with Gasteiger partial charge >= 0.3 is 6.18 Å². The Morgan fingerprint density at radius 1 is 1.23 bits per heavy atom. The van der Waals surface area contributed by atoms with Crippen LogP contribution < -0.4 is 5.32 Å². The minimum atomic E-state index is -4.83. The highest BCUT2D eigenvalue weighted by atomic mass is 32.2. The van der Waals surface area contributed by atoms with Gasteiger partial charge in [0, 0.05) is 29.8 Å². The van der Waals surface area contributed by atoms with Gasteiger partial charge in [-0.15, -0.1) is 0 Å². The van der Waals surface area contributed by atoms with Crippen LogP contribution in [0.4, 0.5) is 13.2 Å². The van der Waals surface area contributed by atoms with Gasteiger partial charge in [-0.1, -0.05) is 0 Å². The van der Waals surface area contributed by atoms with Gasteiger partial charge in [-0.2, -0.15) is 13.2 Å². The zero-order valence-electron chi connectivity index (χ0n) is 16.5. The molecule has 0 amide bonds. The van der Waals surface area contributed by atoms with Crippen LogP contribution in [0.25, 0.3) is 21.9 Å². The zero-order chi connectivity index (χ0) is 21.8. The summed E-state index contributed by atoms with van der Waals surface area (Å²) in [4.78, 5) is 3.67. The van der Waals surface area contributed by atoms with Crippen LogP contribution in [0.5, 0.6) is 0 Å². The molecule has 6 nitrogen and oxygen atoms in total. The summed E-state index contributed by atoms with van der Waals surface area (Å²) in [5.41, 5.74) is 0.328. The highest BCUT2D eigenvalue weighted by Gasteiger charge is 2.38. The lowest BCUT2D eigenvalue weighted by atomic mass is 10.1. The molecular formula is C20H22F3N3O3S. The van der Waals surface area contributed by atoms with E-state index in [1.165, 1.54) is 0 Å². The van der Waals surface area contributed by atoms with Crippen molar-refractivity contribution in [2.45, 2.75) is 43.0 Å². The quantitative estimate of drug-likeness (QED) is 0.638. The number of nitrogens with one attached hydrogen (secondary N) is 1. The maximum Gasteiger partial charge on any atom is 0.417 e. The number of nitrogens with zero attached hydrogens (tertiary/aromatic N) is 2. The zero-order valence-corrected chi connectivity index (χ0v) is 17.3. The third kappa shape index (κ3) is 3.57. The van der Waals surface area contributed by atoms with E-state index in [0.717, 1.165) is 30.4 Å². The Labute approximate surface area is 171 Å². The summed E-state index contributed by atoms with van der Waals surface area (Å²) in [7, 11) is -4.15. The summed E-state index contributed by atoms with van der Waals surface area (Å²) in [5.74, 6) is 0. The average Bonchev–Trinajstić information content (AvgIpc) is 2.78. The molecule has 2 aromatic heterocycles. The molecule has 1 aliphatic rings. The first-order chi connectivity index (χ1) is 14.0. The highest BCUT2D eigenvalue weighted by molar-refractivity contribution is 7.90. The van der Waals surface area contributed by atoms with E-state index in [2.05, 4.69) is 10.3 Å². The van der Waals surface area contributed by atoms with E-state index in [1.54, 1.807) is 23.8 Å². The minimum absolute atomic E-state index is 0.269. The van der Waals surface area contributed by atoms with Crippen molar-refractivity contribution >= 4 is 31.8 Å².